The fraction of sp³-hybridized carbons (Fsp3) is 0.242. The minimum absolute atomic E-state index is 0.00575. The summed E-state index contributed by atoms with van der Waals surface area (Å²) in [6.07, 6.45) is -29.6. The van der Waals surface area contributed by atoms with Crippen LogP contribution in [0.4, 0.5) is 87.8 Å². The number of carbonyl (C=O) groups is 2. The Kier molecular flexibility index (Phi) is 24.1. The standard InChI is InChI=1S/C33H25F10NO3.C25H23F6NO2.C8H3ClF4O/c1-18(2)46-28-11-9-21(15-27(28)36)31(17-19-6-4-3-5-7-19,22-13-23(34)16-24(14-22)47-33(42,43)30(37)38)44-29(45)20-8-10-26(35)25(12-20)32(39,40)41;1-15(2)33-22-9-8-17(12-21(22)27)24(32,14-16-6-4-3-5-7-16)18-10-19(26)13-20(11-18)34-25(30,31)23(28)29;9-7(14)4-1-2-6(10)5(3-4)8(11,12)13/h3-16,18,30H,17H2,1-2H3,(H,44,45);3-13,15,23H,14,32H2,1-2H3;1-3H/t31-;24-;/m11./s1. The van der Waals surface area contributed by atoms with E-state index in [9.17, 15) is 88.6 Å². The first-order valence-corrected chi connectivity index (χ1v) is 27.9. The van der Waals surface area contributed by atoms with Crippen molar-refractivity contribution in [1.82, 2.24) is 5.32 Å². The van der Waals surface area contributed by atoms with Gasteiger partial charge < -0.3 is 30.0 Å². The zero-order valence-corrected chi connectivity index (χ0v) is 50.1. The molecule has 0 aromatic heterocycles. The molecule has 0 aliphatic carbocycles. The van der Waals surface area contributed by atoms with Gasteiger partial charge in [0.05, 0.1) is 34.4 Å². The highest BCUT2D eigenvalue weighted by Crippen LogP contribution is 2.42. The van der Waals surface area contributed by atoms with Gasteiger partial charge in [-0.2, -0.15) is 61.5 Å². The number of rotatable bonds is 21. The maximum absolute atomic E-state index is 15.5. The Bertz CT molecular complexity index is 3950. The Hall–Kier alpha value is -9.05. The van der Waals surface area contributed by atoms with E-state index in [1.807, 2.05) is 0 Å². The van der Waals surface area contributed by atoms with Gasteiger partial charge >= 0.3 is 37.4 Å². The van der Waals surface area contributed by atoms with Crippen molar-refractivity contribution in [3.8, 4) is 23.0 Å². The van der Waals surface area contributed by atoms with Gasteiger partial charge in [-0.05, 0) is 164 Å². The van der Waals surface area contributed by atoms with Crippen molar-refractivity contribution < 1.29 is 116 Å². The summed E-state index contributed by atoms with van der Waals surface area (Å²) in [6.45, 7) is 6.65. The molecule has 8 aromatic rings. The van der Waals surface area contributed by atoms with Gasteiger partial charge in [-0.15, -0.1) is 0 Å². The van der Waals surface area contributed by atoms with E-state index < -0.39 is 141 Å². The van der Waals surface area contributed by atoms with Crippen molar-refractivity contribution in [3.63, 3.8) is 0 Å². The number of carbonyl (C=O) groups excluding carboxylic acids is 2. The fourth-order valence-electron chi connectivity index (χ4n) is 9.16. The number of nitrogens with one attached hydrogen (secondary N) is 1. The van der Waals surface area contributed by atoms with Crippen molar-refractivity contribution in [2.24, 2.45) is 5.73 Å². The van der Waals surface area contributed by atoms with Crippen molar-refractivity contribution in [2.75, 3.05) is 0 Å². The molecule has 0 aliphatic rings. The molecule has 0 unspecified atom stereocenters. The molecule has 0 spiro atoms. The van der Waals surface area contributed by atoms with E-state index in [4.69, 9.17) is 26.8 Å². The fourth-order valence-corrected chi connectivity index (χ4v) is 9.28. The molecule has 0 saturated heterocycles. The summed E-state index contributed by atoms with van der Waals surface area (Å²) < 4.78 is 288. The minimum atomic E-state index is -5.21. The summed E-state index contributed by atoms with van der Waals surface area (Å²) in [7, 11) is 0. The molecule has 0 radical (unpaired) electrons. The molecule has 8 rings (SSSR count). The number of ether oxygens (including phenoxy) is 4. The third-order valence-corrected chi connectivity index (χ3v) is 13.6. The summed E-state index contributed by atoms with van der Waals surface area (Å²) in [5, 5.41) is 1.40. The van der Waals surface area contributed by atoms with E-state index in [1.54, 1.807) is 76.2 Å². The predicted octanol–water partition coefficient (Wildman–Crippen LogP) is 18.7. The lowest BCUT2D eigenvalue weighted by molar-refractivity contribution is -0.253. The van der Waals surface area contributed by atoms with Crippen LogP contribution in [0.25, 0.3) is 0 Å². The van der Waals surface area contributed by atoms with Crippen LogP contribution in [0.3, 0.4) is 0 Å². The van der Waals surface area contributed by atoms with E-state index in [-0.39, 0.29) is 52.3 Å². The first-order chi connectivity index (χ1) is 44.1. The van der Waals surface area contributed by atoms with Gasteiger partial charge in [0.15, 0.2) is 23.1 Å². The maximum atomic E-state index is 15.5. The lowest BCUT2D eigenvalue weighted by Gasteiger charge is -2.37. The van der Waals surface area contributed by atoms with E-state index in [2.05, 4.69) is 14.8 Å². The highest BCUT2D eigenvalue weighted by atomic mass is 35.5. The second kappa shape index (κ2) is 30.6. The van der Waals surface area contributed by atoms with Crippen LogP contribution >= 0.6 is 11.6 Å². The second-order valence-electron chi connectivity index (χ2n) is 21.2. The van der Waals surface area contributed by atoms with Gasteiger partial charge in [0.2, 0.25) is 0 Å². The largest absolute Gasteiger partial charge is 0.488 e. The predicted molar refractivity (Wildman–Crippen MR) is 307 cm³/mol. The summed E-state index contributed by atoms with van der Waals surface area (Å²) >= 11 is 4.95. The molecule has 95 heavy (non-hydrogen) atoms. The molecule has 1 amide bonds. The van der Waals surface area contributed by atoms with Crippen LogP contribution in [0.2, 0.25) is 0 Å². The summed E-state index contributed by atoms with van der Waals surface area (Å²) in [5.41, 5.74) is -1.07. The number of alkyl halides is 14. The maximum Gasteiger partial charge on any atom is 0.461 e. The highest BCUT2D eigenvalue weighted by Gasteiger charge is 2.47. The molecule has 0 heterocycles. The Morgan fingerprint density at radius 1 is 0.453 bits per heavy atom. The molecular formula is C66H51ClF20N2O6. The topological polar surface area (TPSA) is 109 Å². The molecule has 0 fully saturated rings. The number of benzene rings is 8. The first-order valence-electron chi connectivity index (χ1n) is 27.5. The van der Waals surface area contributed by atoms with E-state index in [1.165, 1.54) is 30.3 Å². The first kappa shape index (κ1) is 75.0. The third kappa shape index (κ3) is 19.8. The molecule has 8 nitrogen and oxygen atoms in total. The van der Waals surface area contributed by atoms with Gasteiger partial charge in [0.25, 0.3) is 11.1 Å². The van der Waals surface area contributed by atoms with Gasteiger partial charge in [-0.25, -0.2) is 26.3 Å². The number of hydrogen-bond donors (Lipinski definition) is 2. The smallest absolute Gasteiger partial charge is 0.461 e. The Labute approximate surface area is 533 Å². The van der Waals surface area contributed by atoms with Gasteiger partial charge in [0, 0.05) is 29.7 Å². The van der Waals surface area contributed by atoms with E-state index in [0.717, 1.165) is 48.5 Å². The molecular weight excluding hydrogens is 1330 g/mol. The molecule has 0 bridgehead atoms. The van der Waals surface area contributed by atoms with Crippen molar-refractivity contribution in [2.45, 2.75) is 101 Å². The number of halogens is 21. The normalized spacial score (nSPS) is 13.2. The zero-order valence-electron chi connectivity index (χ0n) is 49.4. The van der Waals surface area contributed by atoms with Gasteiger partial charge in [-0.3, -0.25) is 9.59 Å². The number of hydrogen-bond acceptors (Lipinski definition) is 7. The summed E-state index contributed by atoms with van der Waals surface area (Å²) in [6, 6.07) is 31.1. The van der Waals surface area contributed by atoms with Crippen LogP contribution in [-0.4, -0.2) is 48.4 Å². The SMILES string of the molecule is CC(C)Oc1ccc([C@@](Cc2ccccc2)(NC(=O)c2ccc(F)c(C(F)(F)F)c2)c2cc(F)cc(OC(F)(F)C(F)F)c2)cc1F.CC(C)Oc1ccc([C@](N)(Cc2ccccc2)c2cc(F)cc(OC(F)(F)C(F)F)c2)cc1F.O=C(Cl)c1ccc(F)c(C(F)(F)F)c1. The van der Waals surface area contributed by atoms with Crippen LogP contribution < -0.4 is 30.0 Å². The summed E-state index contributed by atoms with van der Waals surface area (Å²) in [4.78, 5) is 24.2. The Morgan fingerprint density at radius 3 is 1.27 bits per heavy atom. The monoisotopic (exact) mass is 1380 g/mol. The lowest BCUT2D eigenvalue weighted by Crippen LogP contribution is -2.49. The third-order valence-electron chi connectivity index (χ3n) is 13.4. The summed E-state index contributed by atoms with van der Waals surface area (Å²) in [5.74, 6) is -10.7. The van der Waals surface area contributed by atoms with Crippen molar-refractivity contribution in [3.05, 3.63) is 260 Å². The molecule has 0 saturated carbocycles. The van der Waals surface area contributed by atoms with E-state index >= 15 is 8.78 Å². The Morgan fingerprint density at radius 2 is 0.853 bits per heavy atom. The Balaban J connectivity index is 0.000000258. The van der Waals surface area contributed by atoms with Gasteiger partial charge in [0.1, 0.15) is 34.8 Å². The van der Waals surface area contributed by atoms with Gasteiger partial charge in [-0.1, -0.05) is 72.8 Å². The van der Waals surface area contributed by atoms with Crippen LogP contribution in [0, 0.1) is 34.9 Å². The minimum Gasteiger partial charge on any atom is -0.488 e. The van der Waals surface area contributed by atoms with Crippen LogP contribution in [0.1, 0.15) is 92.9 Å². The molecule has 2 atom stereocenters. The molecule has 0 aliphatic heterocycles. The molecule has 3 N–H and O–H groups in total. The average Bonchev–Trinajstić information content (AvgIpc) is 0.762. The van der Waals surface area contributed by atoms with Crippen LogP contribution in [-0.2, 0) is 36.3 Å². The number of amides is 1. The quantitative estimate of drug-likeness (QED) is 0.0545. The highest BCUT2D eigenvalue weighted by molar-refractivity contribution is 6.67. The second-order valence-corrected chi connectivity index (χ2v) is 21.6. The number of nitrogens with two attached hydrogens (primary N) is 1. The van der Waals surface area contributed by atoms with Crippen LogP contribution in [0.5, 0.6) is 23.0 Å². The van der Waals surface area contributed by atoms with Crippen molar-refractivity contribution in [1.29, 1.82) is 0 Å². The molecule has 8 aromatic carbocycles. The van der Waals surface area contributed by atoms with Crippen LogP contribution in [0.15, 0.2) is 170 Å². The molecule has 29 heteroatoms. The average molecular weight is 1380 g/mol. The van der Waals surface area contributed by atoms with Crippen molar-refractivity contribution >= 4 is 22.8 Å². The van der Waals surface area contributed by atoms with E-state index in [0.29, 0.717) is 47.5 Å². The zero-order chi connectivity index (χ0) is 70.8. The lowest BCUT2D eigenvalue weighted by atomic mass is 9.77. The molecule has 508 valence electrons.